The van der Waals surface area contributed by atoms with Gasteiger partial charge in [-0.25, -0.2) is 0 Å². The third kappa shape index (κ3) is 4.81. The highest BCUT2D eigenvalue weighted by atomic mass is 31.0. The van der Waals surface area contributed by atoms with E-state index in [2.05, 4.69) is 27.6 Å². The van der Waals surface area contributed by atoms with E-state index in [4.69, 9.17) is 0 Å². The highest BCUT2D eigenvalue weighted by molar-refractivity contribution is 7.16. The minimum Gasteiger partial charge on any atom is -0.392 e. The lowest BCUT2D eigenvalue weighted by Gasteiger charge is -2.04. The number of unbranched alkanes of at least 4 members (excludes halogenated alkanes) is 1. The van der Waals surface area contributed by atoms with Crippen molar-refractivity contribution in [1.29, 1.82) is 0 Å². The van der Waals surface area contributed by atoms with E-state index in [0.29, 0.717) is 0 Å². The average molecular weight is 159 g/mol. The van der Waals surface area contributed by atoms with Gasteiger partial charge in [0.05, 0.1) is 0 Å². The Bertz CT molecular complexity index is 99.4. The predicted molar refractivity (Wildman–Crippen MR) is 51.2 cm³/mol. The number of hydrogen-bond donors (Lipinski definition) is 1. The van der Waals surface area contributed by atoms with Crippen molar-refractivity contribution in [3.8, 4) is 0 Å². The first-order valence-corrected chi connectivity index (χ1v) is 4.73. The van der Waals surface area contributed by atoms with E-state index in [1.165, 1.54) is 25.0 Å². The van der Waals surface area contributed by atoms with Crippen LogP contribution in [0.5, 0.6) is 0 Å². The smallest absolute Gasteiger partial charge is 0.00669 e. The molecule has 0 aromatic carbocycles. The van der Waals surface area contributed by atoms with Gasteiger partial charge in [0, 0.05) is 12.7 Å². The fourth-order valence-electron chi connectivity index (χ4n) is 0.839. The summed E-state index contributed by atoms with van der Waals surface area (Å²) in [7, 11) is 4.69. The zero-order valence-electron chi connectivity index (χ0n) is 6.98. The first-order valence-electron chi connectivity index (χ1n) is 3.92. The number of rotatable bonds is 5. The largest absolute Gasteiger partial charge is 0.392 e. The molecule has 10 heavy (non-hydrogen) atoms. The third-order valence-corrected chi connectivity index (χ3v) is 1.72. The maximum atomic E-state index is 3.19. The van der Waals surface area contributed by atoms with Gasteiger partial charge in [-0.15, -0.1) is 9.24 Å². The van der Waals surface area contributed by atoms with E-state index in [0.717, 1.165) is 6.16 Å². The molecule has 0 spiro atoms. The summed E-state index contributed by atoms with van der Waals surface area (Å²) < 4.78 is 0. The molecule has 0 fully saturated rings. The molecule has 0 rings (SSSR count). The van der Waals surface area contributed by atoms with E-state index >= 15 is 0 Å². The van der Waals surface area contributed by atoms with Crippen molar-refractivity contribution in [1.82, 2.24) is 5.32 Å². The van der Waals surface area contributed by atoms with Gasteiger partial charge in [-0.3, -0.25) is 0 Å². The van der Waals surface area contributed by atoms with Crippen molar-refractivity contribution in [2.75, 3.05) is 13.2 Å². The quantitative estimate of drug-likeness (QED) is 0.606. The fourth-order valence-corrected chi connectivity index (χ4v) is 1.12. The summed E-state index contributed by atoms with van der Waals surface area (Å²) in [5.41, 5.74) is 1.37. The van der Waals surface area contributed by atoms with Gasteiger partial charge in [0.1, 0.15) is 0 Å². The molecular formula is C8H18NP. The number of hydrogen-bond acceptors (Lipinski definition) is 1. The maximum absolute atomic E-state index is 3.19. The first kappa shape index (κ1) is 9.97. The molecule has 0 aromatic heterocycles. The van der Waals surface area contributed by atoms with Crippen LogP contribution in [0.15, 0.2) is 11.8 Å². The van der Waals surface area contributed by atoms with Crippen LogP contribution in [0.4, 0.5) is 0 Å². The molecule has 60 valence electrons. The normalized spacial score (nSPS) is 11.7. The molecule has 0 aliphatic heterocycles. The van der Waals surface area contributed by atoms with Crippen LogP contribution in [0.1, 0.15) is 26.2 Å². The molecule has 0 heterocycles. The van der Waals surface area contributed by atoms with E-state index in [1.54, 1.807) is 0 Å². The zero-order valence-corrected chi connectivity index (χ0v) is 8.14. The molecule has 1 unspecified atom stereocenters. The fraction of sp³-hybridized carbons (Fsp3) is 0.750. The number of allylic oxidation sites excluding steroid dienone is 2. The standard InChI is InChI=1S/C8H18NP/c1-3-4-5-8(9-2)6-7-10/h6,9H,3-5,7,10H2,1-2H3/b8-6+. The summed E-state index contributed by atoms with van der Waals surface area (Å²) in [6.07, 6.45) is 7.04. The van der Waals surface area contributed by atoms with Gasteiger partial charge in [-0.05, 0) is 19.0 Å². The molecule has 0 aromatic rings. The highest BCUT2D eigenvalue weighted by Crippen LogP contribution is 2.03. The lowest BCUT2D eigenvalue weighted by molar-refractivity contribution is 0.743. The van der Waals surface area contributed by atoms with Crippen LogP contribution >= 0.6 is 9.24 Å². The van der Waals surface area contributed by atoms with E-state index < -0.39 is 0 Å². The topological polar surface area (TPSA) is 12.0 Å². The molecule has 0 amide bonds. The van der Waals surface area contributed by atoms with Gasteiger partial charge in [-0.2, -0.15) is 0 Å². The van der Waals surface area contributed by atoms with Crippen LogP contribution in [-0.4, -0.2) is 13.2 Å². The van der Waals surface area contributed by atoms with Gasteiger partial charge >= 0.3 is 0 Å². The first-order chi connectivity index (χ1) is 4.85. The van der Waals surface area contributed by atoms with Crippen molar-refractivity contribution in [3.63, 3.8) is 0 Å². The second-order valence-corrected chi connectivity index (χ2v) is 2.79. The maximum Gasteiger partial charge on any atom is 0.00669 e. The van der Waals surface area contributed by atoms with Gasteiger partial charge in [0.2, 0.25) is 0 Å². The molecule has 0 aliphatic rings. The Hall–Kier alpha value is -0.0300. The molecule has 1 nitrogen and oxygen atoms in total. The SMILES string of the molecule is CCCC/C(=C\CP)NC. The van der Waals surface area contributed by atoms with Crippen LogP contribution in [0.3, 0.4) is 0 Å². The summed E-state index contributed by atoms with van der Waals surface area (Å²) in [4.78, 5) is 0. The van der Waals surface area contributed by atoms with Crippen LogP contribution < -0.4 is 5.32 Å². The molecule has 0 radical (unpaired) electrons. The Balaban J connectivity index is 3.49. The van der Waals surface area contributed by atoms with E-state index in [9.17, 15) is 0 Å². The van der Waals surface area contributed by atoms with Crippen molar-refractivity contribution >= 4 is 9.24 Å². The Morgan fingerprint density at radius 3 is 2.70 bits per heavy atom. The van der Waals surface area contributed by atoms with Gasteiger partial charge in [0.15, 0.2) is 0 Å². The second kappa shape index (κ2) is 7.08. The molecule has 1 atom stereocenters. The summed E-state index contributed by atoms with van der Waals surface area (Å²) >= 11 is 0. The average Bonchev–Trinajstić information content (AvgIpc) is 1.98. The highest BCUT2D eigenvalue weighted by Gasteiger charge is 1.90. The molecule has 0 bridgehead atoms. The van der Waals surface area contributed by atoms with E-state index in [-0.39, 0.29) is 0 Å². The van der Waals surface area contributed by atoms with Crippen molar-refractivity contribution in [3.05, 3.63) is 11.8 Å². The van der Waals surface area contributed by atoms with Crippen molar-refractivity contribution in [2.24, 2.45) is 0 Å². The lowest BCUT2D eigenvalue weighted by atomic mass is 10.2. The third-order valence-electron chi connectivity index (χ3n) is 1.49. The summed E-state index contributed by atoms with van der Waals surface area (Å²) in [6.45, 7) is 2.22. The Morgan fingerprint density at radius 1 is 1.60 bits per heavy atom. The van der Waals surface area contributed by atoms with Crippen molar-refractivity contribution < 1.29 is 0 Å². The zero-order chi connectivity index (χ0) is 7.82. The van der Waals surface area contributed by atoms with Crippen LogP contribution in [0, 0.1) is 0 Å². The van der Waals surface area contributed by atoms with Gasteiger partial charge in [0.25, 0.3) is 0 Å². The van der Waals surface area contributed by atoms with Crippen LogP contribution in [0.25, 0.3) is 0 Å². The predicted octanol–water partition coefficient (Wildman–Crippen LogP) is 2.15. The molecule has 1 N–H and O–H groups in total. The minimum atomic E-state index is 1.06. The molecule has 2 heteroatoms. The van der Waals surface area contributed by atoms with Gasteiger partial charge < -0.3 is 5.32 Å². The van der Waals surface area contributed by atoms with Crippen LogP contribution in [-0.2, 0) is 0 Å². The summed E-state index contributed by atoms with van der Waals surface area (Å²) in [5, 5.41) is 3.19. The lowest BCUT2D eigenvalue weighted by Crippen LogP contribution is -2.05. The molecule has 0 saturated carbocycles. The summed E-state index contributed by atoms with van der Waals surface area (Å²) in [5.74, 6) is 0. The van der Waals surface area contributed by atoms with Crippen LogP contribution in [0.2, 0.25) is 0 Å². The van der Waals surface area contributed by atoms with E-state index in [1.807, 2.05) is 7.05 Å². The Labute approximate surface area is 66.5 Å². The second-order valence-electron chi connectivity index (χ2n) is 2.32. The summed E-state index contributed by atoms with van der Waals surface area (Å²) in [6, 6.07) is 0. The monoisotopic (exact) mass is 159 g/mol. The molecule has 0 saturated heterocycles. The molecule has 0 aliphatic carbocycles. The number of nitrogens with one attached hydrogen (secondary N) is 1. The van der Waals surface area contributed by atoms with Crippen molar-refractivity contribution in [2.45, 2.75) is 26.2 Å². The Morgan fingerprint density at radius 2 is 2.30 bits per heavy atom. The van der Waals surface area contributed by atoms with Gasteiger partial charge in [-0.1, -0.05) is 19.4 Å². The molecular weight excluding hydrogens is 141 g/mol. The Kier molecular flexibility index (Phi) is 7.06. The minimum absolute atomic E-state index is 1.06.